The van der Waals surface area contributed by atoms with Crippen LogP contribution < -0.4 is 10.1 Å². The van der Waals surface area contributed by atoms with Gasteiger partial charge in [0.25, 0.3) is 5.69 Å². The van der Waals surface area contributed by atoms with Crippen molar-refractivity contribution < 1.29 is 19.2 Å². The number of piperazine rings is 1. The maximum absolute atomic E-state index is 12.8. The summed E-state index contributed by atoms with van der Waals surface area (Å²) in [4.78, 5) is 42.4. The highest BCUT2D eigenvalue weighted by atomic mass is 16.6. The quantitative estimate of drug-likeness (QED) is 0.489. The van der Waals surface area contributed by atoms with Gasteiger partial charge in [0.05, 0.1) is 30.3 Å². The topological polar surface area (TPSA) is 108 Å². The molecule has 0 spiro atoms. The number of piperidine rings is 1. The van der Waals surface area contributed by atoms with Gasteiger partial charge in [0.2, 0.25) is 11.8 Å². The maximum Gasteiger partial charge on any atom is 0.271 e. The van der Waals surface area contributed by atoms with Crippen LogP contribution in [0, 0.1) is 22.0 Å². The van der Waals surface area contributed by atoms with E-state index < -0.39 is 11.0 Å². The van der Waals surface area contributed by atoms with Crippen LogP contribution in [0.2, 0.25) is 0 Å². The predicted octanol–water partition coefficient (Wildman–Crippen LogP) is 2.05. The molecule has 2 heterocycles. The molecule has 0 saturated carbocycles. The highest BCUT2D eigenvalue weighted by molar-refractivity contribution is 5.96. The summed E-state index contributed by atoms with van der Waals surface area (Å²) < 4.78 is 5.23. The van der Waals surface area contributed by atoms with E-state index in [4.69, 9.17) is 4.74 Å². The molecule has 1 aromatic rings. The number of nitrogens with zero attached hydrogens (tertiary/aromatic N) is 4. The second-order valence-corrected chi connectivity index (χ2v) is 9.36. The molecule has 0 aliphatic carbocycles. The van der Waals surface area contributed by atoms with Crippen LogP contribution in [0.5, 0.6) is 5.75 Å². The van der Waals surface area contributed by atoms with Crippen LogP contribution in [0.4, 0.5) is 11.4 Å². The number of methoxy groups -OCH3 is 1. The van der Waals surface area contributed by atoms with Gasteiger partial charge in [0.1, 0.15) is 5.75 Å². The van der Waals surface area contributed by atoms with Gasteiger partial charge >= 0.3 is 0 Å². The molecule has 2 fully saturated rings. The second kappa shape index (κ2) is 10.9. The minimum atomic E-state index is -0.510. The Morgan fingerprint density at radius 2 is 1.82 bits per heavy atom. The molecule has 2 aliphatic heterocycles. The van der Waals surface area contributed by atoms with E-state index in [2.05, 4.69) is 29.0 Å². The largest absolute Gasteiger partial charge is 0.495 e. The third-order valence-electron chi connectivity index (χ3n) is 6.57. The number of non-ortho nitro benzene ring substituents is 1. The standard InChI is InChI=1S/C23H35N5O5/c1-16-11-17(2)14-27(13-16)22(29)15-25-7-9-26(10-8-25)18(3)23(30)24-20-12-19(28(31)32)5-6-21(20)33-4/h5-6,12,16-18H,7-11,13-15H2,1-4H3,(H,24,30). The van der Waals surface area contributed by atoms with Crippen molar-refractivity contribution in [1.29, 1.82) is 0 Å². The third kappa shape index (κ3) is 6.42. The van der Waals surface area contributed by atoms with Gasteiger partial charge in [-0.3, -0.25) is 29.5 Å². The van der Waals surface area contributed by atoms with E-state index in [-0.39, 0.29) is 23.2 Å². The summed E-state index contributed by atoms with van der Waals surface area (Å²) in [6.45, 7) is 11.1. The zero-order valence-corrected chi connectivity index (χ0v) is 20.0. The molecule has 2 saturated heterocycles. The van der Waals surface area contributed by atoms with Crippen LogP contribution in [0.25, 0.3) is 0 Å². The number of ether oxygens (including phenoxy) is 1. The molecule has 3 atom stereocenters. The molecule has 10 nitrogen and oxygen atoms in total. The van der Waals surface area contributed by atoms with Gasteiger partial charge in [-0.2, -0.15) is 0 Å². The van der Waals surface area contributed by atoms with E-state index in [1.165, 1.54) is 31.7 Å². The molecule has 0 bridgehead atoms. The molecule has 2 amide bonds. The molecule has 0 aromatic heterocycles. The molecule has 1 N–H and O–H groups in total. The van der Waals surface area contributed by atoms with Crippen molar-refractivity contribution in [2.75, 3.05) is 58.2 Å². The molecule has 1 aromatic carbocycles. The fraction of sp³-hybridized carbons (Fsp3) is 0.652. The number of anilines is 1. The van der Waals surface area contributed by atoms with Crippen LogP contribution >= 0.6 is 0 Å². The number of nitro groups is 1. The first-order chi connectivity index (χ1) is 15.7. The first-order valence-corrected chi connectivity index (χ1v) is 11.6. The number of nitrogens with one attached hydrogen (secondary N) is 1. The Labute approximate surface area is 195 Å². The maximum atomic E-state index is 12.8. The Kier molecular flexibility index (Phi) is 8.25. The van der Waals surface area contributed by atoms with Gasteiger partial charge in [-0.05, 0) is 31.2 Å². The number of rotatable bonds is 7. The van der Waals surface area contributed by atoms with Gasteiger partial charge < -0.3 is 15.0 Å². The van der Waals surface area contributed by atoms with Crippen LogP contribution in [0.15, 0.2) is 18.2 Å². The van der Waals surface area contributed by atoms with Crippen molar-refractivity contribution in [2.45, 2.75) is 33.2 Å². The van der Waals surface area contributed by atoms with Crippen LogP contribution in [-0.4, -0.2) is 90.4 Å². The average Bonchev–Trinajstić information content (AvgIpc) is 2.78. The van der Waals surface area contributed by atoms with E-state index in [1.807, 2.05) is 11.8 Å². The molecule has 3 unspecified atom stereocenters. The Balaban J connectivity index is 1.51. The highest BCUT2D eigenvalue weighted by Gasteiger charge is 2.30. The van der Waals surface area contributed by atoms with Crippen LogP contribution in [-0.2, 0) is 9.59 Å². The third-order valence-corrected chi connectivity index (χ3v) is 6.57. The summed E-state index contributed by atoms with van der Waals surface area (Å²) in [5, 5.41) is 13.8. The lowest BCUT2D eigenvalue weighted by Gasteiger charge is -2.39. The number of hydrogen-bond acceptors (Lipinski definition) is 7. The van der Waals surface area contributed by atoms with E-state index in [9.17, 15) is 19.7 Å². The molecule has 10 heteroatoms. The SMILES string of the molecule is COc1ccc([N+](=O)[O-])cc1NC(=O)C(C)N1CCN(CC(=O)N2CC(C)CC(C)C2)CC1. The molecular weight excluding hydrogens is 426 g/mol. The number of carbonyl (C=O) groups is 2. The molecule has 0 radical (unpaired) electrons. The van der Waals surface area contributed by atoms with Gasteiger partial charge in [-0.1, -0.05) is 13.8 Å². The van der Waals surface area contributed by atoms with Crippen molar-refractivity contribution in [3.63, 3.8) is 0 Å². The van der Waals surface area contributed by atoms with Crippen molar-refractivity contribution >= 4 is 23.2 Å². The molecule has 33 heavy (non-hydrogen) atoms. The highest BCUT2D eigenvalue weighted by Crippen LogP contribution is 2.29. The summed E-state index contributed by atoms with van der Waals surface area (Å²) in [6.07, 6.45) is 1.17. The predicted molar refractivity (Wildman–Crippen MR) is 125 cm³/mol. The first-order valence-electron chi connectivity index (χ1n) is 11.6. The van der Waals surface area contributed by atoms with Gasteiger partial charge in [-0.15, -0.1) is 0 Å². The Hall–Kier alpha value is -2.72. The Bertz CT molecular complexity index is 861. The van der Waals surface area contributed by atoms with E-state index >= 15 is 0 Å². The summed E-state index contributed by atoms with van der Waals surface area (Å²) in [6, 6.07) is 3.69. The monoisotopic (exact) mass is 461 g/mol. The van der Waals surface area contributed by atoms with Gasteiger partial charge in [0, 0.05) is 51.4 Å². The molecule has 182 valence electrons. The van der Waals surface area contributed by atoms with Crippen molar-refractivity contribution in [3.05, 3.63) is 28.3 Å². The van der Waals surface area contributed by atoms with Crippen molar-refractivity contribution in [1.82, 2.24) is 14.7 Å². The summed E-state index contributed by atoms with van der Waals surface area (Å²) in [5.74, 6) is 1.38. The fourth-order valence-corrected chi connectivity index (χ4v) is 4.78. The number of hydrogen-bond donors (Lipinski definition) is 1. The fourth-order valence-electron chi connectivity index (χ4n) is 4.78. The lowest BCUT2D eigenvalue weighted by molar-refractivity contribution is -0.384. The Morgan fingerprint density at radius 3 is 2.39 bits per heavy atom. The van der Waals surface area contributed by atoms with E-state index in [0.29, 0.717) is 50.3 Å². The minimum Gasteiger partial charge on any atom is -0.495 e. The lowest BCUT2D eigenvalue weighted by Crippen LogP contribution is -2.55. The van der Waals surface area contributed by atoms with Gasteiger partial charge in [-0.25, -0.2) is 0 Å². The minimum absolute atomic E-state index is 0.116. The number of benzene rings is 1. The molecule has 2 aliphatic rings. The van der Waals surface area contributed by atoms with Crippen LogP contribution in [0.3, 0.4) is 0 Å². The summed E-state index contributed by atoms with van der Waals surface area (Å²) in [7, 11) is 1.45. The number of nitro benzene ring substituents is 1. The number of likely N-dealkylation sites (tertiary alicyclic amines) is 1. The Morgan fingerprint density at radius 1 is 1.18 bits per heavy atom. The zero-order chi connectivity index (χ0) is 24.1. The lowest BCUT2D eigenvalue weighted by atomic mass is 9.92. The second-order valence-electron chi connectivity index (χ2n) is 9.36. The normalized spacial score (nSPS) is 23.1. The van der Waals surface area contributed by atoms with Gasteiger partial charge in [0.15, 0.2) is 0 Å². The average molecular weight is 462 g/mol. The number of amides is 2. The first kappa shape index (κ1) is 24.9. The zero-order valence-electron chi connectivity index (χ0n) is 20.0. The van der Waals surface area contributed by atoms with E-state index in [1.54, 1.807) is 0 Å². The summed E-state index contributed by atoms with van der Waals surface area (Å²) >= 11 is 0. The van der Waals surface area contributed by atoms with Crippen molar-refractivity contribution in [2.24, 2.45) is 11.8 Å². The van der Waals surface area contributed by atoms with Crippen molar-refractivity contribution in [3.8, 4) is 5.75 Å². The van der Waals surface area contributed by atoms with E-state index in [0.717, 1.165) is 13.1 Å². The van der Waals surface area contributed by atoms with Crippen LogP contribution in [0.1, 0.15) is 27.2 Å². The smallest absolute Gasteiger partial charge is 0.271 e. The summed E-state index contributed by atoms with van der Waals surface area (Å²) in [5.41, 5.74) is 0.160. The molecule has 3 rings (SSSR count). The number of carbonyl (C=O) groups excluding carboxylic acids is 2. The molecular formula is C23H35N5O5.